The molecule has 2 aromatic rings. The smallest absolute Gasteiger partial charge is 0.324 e. The highest BCUT2D eigenvalue weighted by Crippen LogP contribution is 2.31. The lowest BCUT2D eigenvalue weighted by Gasteiger charge is -2.21. The Bertz CT molecular complexity index is 1240. The highest BCUT2D eigenvalue weighted by Gasteiger charge is 2.46. The Labute approximate surface area is 198 Å². The van der Waals surface area contributed by atoms with E-state index in [1.165, 1.54) is 55.7 Å². The molecule has 3 N–H and O–H groups in total. The summed E-state index contributed by atoms with van der Waals surface area (Å²) in [5.41, 5.74) is 0.200. The van der Waals surface area contributed by atoms with Crippen molar-refractivity contribution in [1.82, 2.24) is 15.7 Å². The number of hydrogen-bond donors (Lipinski definition) is 3. The van der Waals surface area contributed by atoms with E-state index in [4.69, 9.17) is 5.21 Å². The average Bonchev–Trinajstić information content (AvgIpc) is 2.98. The van der Waals surface area contributed by atoms with E-state index >= 15 is 0 Å². The fourth-order valence-corrected chi connectivity index (χ4v) is 5.10. The molecule has 0 bridgehead atoms. The van der Waals surface area contributed by atoms with Gasteiger partial charge in [0, 0.05) is 6.54 Å². The van der Waals surface area contributed by atoms with Crippen LogP contribution >= 0.6 is 0 Å². The molecular formula is C22H22F3N3O6S. The number of halogens is 3. The second-order valence-corrected chi connectivity index (χ2v) is 10.6. The van der Waals surface area contributed by atoms with Crippen LogP contribution in [0.5, 0.6) is 0 Å². The molecule has 0 spiro atoms. The summed E-state index contributed by atoms with van der Waals surface area (Å²) in [6, 6.07) is 8.80. The van der Waals surface area contributed by atoms with E-state index in [9.17, 15) is 36.0 Å². The Hall–Kier alpha value is -3.45. The summed E-state index contributed by atoms with van der Waals surface area (Å²) in [7, 11) is -4.14. The molecule has 2 aromatic carbocycles. The van der Waals surface area contributed by atoms with Gasteiger partial charge in [-0.2, -0.15) is 13.2 Å². The maximum atomic E-state index is 12.9. The van der Waals surface area contributed by atoms with Gasteiger partial charge < -0.3 is 5.32 Å². The van der Waals surface area contributed by atoms with Crippen LogP contribution in [-0.2, 0) is 25.6 Å². The molecule has 0 aliphatic carbocycles. The fourth-order valence-electron chi connectivity index (χ4n) is 3.57. The number of imide groups is 1. The van der Waals surface area contributed by atoms with Crippen molar-refractivity contribution in [3.8, 4) is 11.1 Å². The highest BCUT2D eigenvalue weighted by atomic mass is 32.2. The quantitative estimate of drug-likeness (QED) is 0.296. The summed E-state index contributed by atoms with van der Waals surface area (Å²) in [4.78, 5) is 37.2. The van der Waals surface area contributed by atoms with E-state index in [0.717, 1.165) is 12.1 Å². The van der Waals surface area contributed by atoms with Crippen molar-refractivity contribution < 1.29 is 41.2 Å². The minimum atomic E-state index is -4.48. The van der Waals surface area contributed by atoms with E-state index in [2.05, 4.69) is 5.32 Å². The van der Waals surface area contributed by atoms with Crippen LogP contribution in [0.1, 0.15) is 19.4 Å². The van der Waals surface area contributed by atoms with Crippen molar-refractivity contribution in [3.63, 3.8) is 0 Å². The molecule has 1 heterocycles. The third kappa shape index (κ3) is 5.62. The summed E-state index contributed by atoms with van der Waals surface area (Å²) in [5.74, 6) is -4.05. The molecule has 3 rings (SSSR count). The maximum absolute atomic E-state index is 12.9. The zero-order valence-electron chi connectivity index (χ0n) is 18.6. The summed E-state index contributed by atoms with van der Waals surface area (Å²) in [5, 5.41) is 11.5. The third-order valence-corrected chi connectivity index (χ3v) is 7.34. The van der Waals surface area contributed by atoms with Gasteiger partial charge in [-0.15, -0.1) is 0 Å². The molecule has 35 heavy (non-hydrogen) atoms. The summed E-state index contributed by atoms with van der Waals surface area (Å²) >= 11 is 0. The van der Waals surface area contributed by atoms with Crippen LogP contribution in [0.4, 0.5) is 18.0 Å². The van der Waals surface area contributed by atoms with Crippen molar-refractivity contribution in [2.45, 2.75) is 30.5 Å². The van der Waals surface area contributed by atoms with Crippen molar-refractivity contribution in [1.29, 1.82) is 0 Å². The largest absolute Gasteiger partial charge is 0.416 e. The molecule has 0 saturated carbocycles. The Morgan fingerprint density at radius 2 is 1.57 bits per heavy atom. The molecule has 13 heteroatoms. The topological polar surface area (TPSA) is 133 Å². The molecule has 0 radical (unpaired) electrons. The number of alkyl halides is 3. The van der Waals surface area contributed by atoms with Gasteiger partial charge in [0.15, 0.2) is 9.84 Å². The van der Waals surface area contributed by atoms with Crippen molar-refractivity contribution in [2.24, 2.45) is 5.92 Å². The predicted molar refractivity (Wildman–Crippen MR) is 117 cm³/mol. The number of hydrogen-bond acceptors (Lipinski definition) is 6. The highest BCUT2D eigenvalue weighted by molar-refractivity contribution is 7.91. The first-order valence-electron chi connectivity index (χ1n) is 10.2. The predicted octanol–water partition coefficient (Wildman–Crippen LogP) is 2.60. The summed E-state index contributed by atoms with van der Waals surface area (Å²) < 4.78 is 64.1. The molecular weight excluding hydrogens is 491 g/mol. The van der Waals surface area contributed by atoms with Gasteiger partial charge in [-0.1, -0.05) is 24.3 Å². The molecule has 188 valence electrons. The van der Waals surface area contributed by atoms with Crippen molar-refractivity contribution in [2.75, 3.05) is 12.3 Å². The number of nitrogens with zero attached hydrogens (tertiary/aromatic N) is 1. The van der Waals surface area contributed by atoms with E-state index in [1.807, 2.05) is 0 Å². The van der Waals surface area contributed by atoms with E-state index in [-0.39, 0.29) is 4.90 Å². The molecule has 1 fully saturated rings. The number of hydroxylamine groups is 1. The zero-order chi connectivity index (χ0) is 26.2. The average molecular weight is 513 g/mol. The Kier molecular flexibility index (Phi) is 6.95. The van der Waals surface area contributed by atoms with E-state index < -0.39 is 63.2 Å². The minimum absolute atomic E-state index is 0.193. The molecule has 1 saturated heterocycles. The van der Waals surface area contributed by atoms with Crippen LogP contribution in [0.2, 0.25) is 0 Å². The number of carbonyl (C=O) groups excluding carboxylic acids is 3. The molecule has 9 nitrogen and oxygen atoms in total. The molecule has 1 unspecified atom stereocenters. The van der Waals surface area contributed by atoms with E-state index in [1.54, 1.807) is 0 Å². The molecule has 1 atom stereocenters. The van der Waals surface area contributed by atoms with Crippen LogP contribution in [0, 0.1) is 5.92 Å². The number of sulfone groups is 1. The Morgan fingerprint density at radius 3 is 2.00 bits per heavy atom. The number of nitrogens with one attached hydrogen (secondary N) is 2. The van der Waals surface area contributed by atoms with Gasteiger partial charge in [0.1, 0.15) is 5.54 Å². The summed E-state index contributed by atoms with van der Waals surface area (Å²) in [6.45, 7) is 2.32. The third-order valence-electron chi connectivity index (χ3n) is 5.51. The zero-order valence-corrected chi connectivity index (χ0v) is 19.4. The first-order valence-corrected chi connectivity index (χ1v) is 11.9. The first kappa shape index (κ1) is 26.2. The Balaban J connectivity index is 1.80. The van der Waals surface area contributed by atoms with Gasteiger partial charge in [-0.3, -0.25) is 19.7 Å². The molecule has 0 aromatic heterocycles. The van der Waals surface area contributed by atoms with Crippen LogP contribution in [0.25, 0.3) is 11.1 Å². The van der Waals surface area contributed by atoms with Gasteiger partial charge >= 0.3 is 12.2 Å². The van der Waals surface area contributed by atoms with Gasteiger partial charge in [0.25, 0.3) is 5.91 Å². The van der Waals surface area contributed by atoms with Gasteiger partial charge in [-0.25, -0.2) is 18.7 Å². The fraction of sp³-hybridized carbons (Fsp3) is 0.318. The number of rotatable bonds is 7. The van der Waals surface area contributed by atoms with Gasteiger partial charge in [0.2, 0.25) is 5.91 Å². The van der Waals surface area contributed by atoms with Gasteiger partial charge in [-0.05, 0) is 49.2 Å². The second kappa shape index (κ2) is 9.30. The minimum Gasteiger partial charge on any atom is -0.324 e. The van der Waals surface area contributed by atoms with Crippen LogP contribution < -0.4 is 10.8 Å². The van der Waals surface area contributed by atoms with Gasteiger partial charge in [0.05, 0.1) is 22.1 Å². The molecule has 1 aliphatic heterocycles. The second-order valence-electron chi connectivity index (χ2n) is 8.52. The number of urea groups is 1. The Morgan fingerprint density at radius 1 is 1.06 bits per heavy atom. The SMILES string of the molecule is CC1(C)NC(=O)N(CC(CS(=O)(=O)c2ccc(-c3ccc(C(F)(F)F)cc3)cc2)C(=O)NO)C1=O. The van der Waals surface area contributed by atoms with Crippen LogP contribution in [0.15, 0.2) is 53.4 Å². The number of benzene rings is 2. The number of amides is 4. The molecule has 1 aliphatic rings. The van der Waals surface area contributed by atoms with E-state index in [0.29, 0.717) is 16.0 Å². The number of carbonyl (C=O) groups is 3. The normalized spacial score (nSPS) is 16.7. The van der Waals surface area contributed by atoms with Crippen molar-refractivity contribution >= 4 is 27.7 Å². The first-order chi connectivity index (χ1) is 16.2. The lowest BCUT2D eigenvalue weighted by Crippen LogP contribution is -2.45. The standard InChI is InChI=1S/C22H22F3N3O6S/c1-21(2)19(30)28(20(31)26-21)11-15(18(29)27-32)12-35(33,34)17-9-5-14(6-10-17)13-3-7-16(8-4-13)22(23,24)25/h3-10,15,32H,11-12H2,1-2H3,(H,26,31)(H,27,29). The lowest BCUT2D eigenvalue weighted by molar-refractivity contribution is -0.138. The summed E-state index contributed by atoms with van der Waals surface area (Å²) in [6.07, 6.45) is -4.48. The van der Waals surface area contributed by atoms with Crippen LogP contribution in [0.3, 0.4) is 0 Å². The lowest BCUT2D eigenvalue weighted by atomic mass is 10.0. The van der Waals surface area contributed by atoms with Crippen molar-refractivity contribution in [3.05, 3.63) is 54.1 Å². The van der Waals surface area contributed by atoms with Crippen LogP contribution in [-0.4, -0.2) is 54.2 Å². The maximum Gasteiger partial charge on any atom is 0.416 e. The monoisotopic (exact) mass is 513 g/mol. The molecule has 4 amide bonds.